The van der Waals surface area contributed by atoms with E-state index in [9.17, 15) is 28.4 Å². The highest BCUT2D eigenvalue weighted by Crippen LogP contribution is 2.28. The number of benzene rings is 3. The lowest BCUT2D eigenvalue weighted by molar-refractivity contribution is -0.134. The lowest BCUT2D eigenvalue weighted by Gasteiger charge is -2.34. The van der Waals surface area contributed by atoms with Gasteiger partial charge in [-0.3, -0.25) is 19.2 Å². The zero-order chi connectivity index (χ0) is 41.3. The number of rotatable bonds is 14. The second-order valence-electron chi connectivity index (χ2n) is 15.8. The Bertz CT molecular complexity index is 2040. The molecule has 1 saturated heterocycles. The van der Waals surface area contributed by atoms with E-state index in [1.807, 2.05) is 61.5 Å². The molecule has 1 aromatic heterocycles. The summed E-state index contributed by atoms with van der Waals surface area (Å²) in [4.78, 5) is 73.4. The Hall–Kier alpha value is -5.89. The topological polar surface area (TPSA) is 161 Å². The number of ketones is 1. The third kappa shape index (κ3) is 11.8. The maximum atomic E-state index is 14.3. The fourth-order valence-corrected chi connectivity index (χ4v) is 6.43. The normalized spacial score (nSPS) is 14.6. The number of nitrogens with one attached hydrogen (secondary N) is 3. The van der Waals surface area contributed by atoms with E-state index in [2.05, 4.69) is 20.9 Å². The number of hydrogen-bond donors (Lipinski definition) is 3. The van der Waals surface area contributed by atoms with E-state index < -0.39 is 46.9 Å². The van der Waals surface area contributed by atoms with Crippen molar-refractivity contribution in [3.05, 3.63) is 119 Å². The van der Waals surface area contributed by atoms with Crippen LogP contribution in [0, 0.1) is 18.7 Å². The first-order valence-corrected chi connectivity index (χ1v) is 18.9. The Labute approximate surface area is 332 Å². The Morgan fingerprint density at radius 2 is 1.60 bits per heavy atom. The number of piperidine rings is 1. The van der Waals surface area contributed by atoms with Gasteiger partial charge in [-0.2, -0.15) is 0 Å². The van der Waals surface area contributed by atoms with Crippen molar-refractivity contribution in [1.29, 1.82) is 0 Å². The molecule has 3 aromatic carbocycles. The molecule has 1 aliphatic rings. The van der Waals surface area contributed by atoms with Crippen molar-refractivity contribution in [3.8, 4) is 0 Å². The average molecular weight is 783 g/mol. The molecule has 1 fully saturated rings. The van der Waals surface area contributed by atoms with Crippen LogP contribution < -0.4 is 16.0 Å². The highest BCUT2D eigenvalue weighted by atomic mass is 19.1. The molecule has 302 valence electrons. The monoisotopic (exact) mass is 782 g/mol. The molecule has 57 heavy (non-hydrogen) atoms. The van der Waals surface area contributed by atoms with Crippen LogP contribution in [-0.2, 0) is 30.5 Å². The first-order valence-electron chi connectivity index (χ1n) is 18.9. The second kappa shape index (κ2) is 18.4. The number of ether oxygens (including phenoxy) is 2. The van der Waals surface area contributed by atoms with Crippen LogP contribution in [-0.4, -0.2) is 80.9 Å². The van der Waals surface area contributed by atoms with Crippen molar-refractivity contribution >= 4 is 35.4 Å². The van der Waals surface area contributed by atoms with Crippen LogP contribution in [0.2, 0.25) is 0 Å². The molecule has 3 N–H and O–H groups in total. The van der Waals surface area contributed by atoms with Crippen molar-refractivity contribution < 1.29 is 37.8 Å². The summed E-state index contributed by atoms with van der Waals surface area (Å²) in [6.07, 6.45) is 3.12. The summed E-state index contributed by atoms with van der Waals surface area (Å²) in [6, 6.07) is 20.3. The fourth-order valence-electron chi connectivity index (χ4n) is 6.43. The van der Waals surface area contributed by atoms with E-state index >= 15 is 0 Å². The number of hydrogen-bond acceptors (Lipinski definition) is 8. The summed E-state index contributed by atoms with van der Waals surface area (Å²) >= 11 is 0. The predicted octanol–water partition coefficient (Wildman–Crippen LogP) is 5.98. The molecule has 14 heteroatoms. The Balaban J connectivity index is 1.31. The summed E-state index contributed by atoms with van der Waals surface area (Å²) in [5, 5.41) is 8.00. The zero-order valence-corrected chi connectivity index (χ0v) is 33.2. The number of nitrogens with zero attached hydrogens (tertiary/aromatic N) is 3. The number of halogens is 1. The molecule has 2 atom stereocenters. The maximum absolute atomic E-state index is 14.3. The number of carbonyl (C=O) groups excluding carboxylic acids is 5. The number of Topliss-reactive ketones (excluding diaryl/α,β-unsaturated/α-hetero) is 1. The zero-order valence-electron chi connectivity index (χ0n) is 33.2. The van der Waals surface area contributed by atoms with Crippen molar-refractivity contribution in [1.82, 2.24) is 25.1 Å². The van der Waals surface area contributed by atoms with Gasteiger partial charge in [-0.1, -0.05) is 60.2 Å². The third-order valence-corrected chi connectivity index (χ3v) is 9.45. The first kappa shape index (κ1) is 42.3. The van der Waals surface area contributed by atoms with Crippen LogP contribution in [0.5, 0.6) is 0 Å². The summed E-state index contributed by atoms with van der Waals surface area (Å²) in [5.74, 6) is -2.16. The number of imidazole rings is 1. The second-order valence-corrected chi connectivity index (χ2v) is 15.8. The minimum atomic E-state index is -1.47. The summed E-state index contributed by atoms with van der Waals surface area (Å²) in [5.41, 5.74) is 0.702. The van der Waals surface area contributed by atoms with E-state index in [-0.39, 0.29) is 36.6 Å². The number of carbonyl (C=O) groups is 5. The number of likely N-dealkylation sites (tertiary alicyclic amines) is 1. The average Bonchev–Trinajstić information content (AvgIpc) is 3.61. The molecule has 1 unspecified atom stereocenters. The van der Waals surface area contributed by atoms with E-state index in [1.54, 1.807) is 36.4 Å². The number of aromatic nitrogens is 2. The van der Waals surface area contributed by atoms with Crippen molar-refractivity contribution in [2.24, 2.45) is 5.92 Å². The van der Waals surface area contributed by atoms with E-state index in [0.717, 1.165) is 11.1 Å². The number of anilines is 1. The number of aryl methyl sites for hydroxylation is 1. The molecule has 0 bridgehead atoms. The van der Waals surface area contributed by atoms with Gasteiger partial charge in [0.25, 0.3) is 5.91 Å². The van der Waals surface area contributed by atoms with Crippen LogP contribution in [0.1, 0.15) is 80.6 Å². The molecule has 4 aromatic rings. The maximum Gasteiger partial charge on any atom is 0.408 e. The SMILES string of the molecule is Cc1cccc(C(C(=O)N2CCC(C(=O)c3ccc(F)cc3)CC2)n2cnc(NC(=O)[C@@H](COCc3ccccc3)NC(=O)C(C)(C)NC(=O)OC(C)(C)C)c2)c1. The van der Waals surface area contributed by atoms with Crippen LogP contribution in [0.3, 0.4) is 0 Å². The van der Waals surface area contributed by atoms with Gasteiger partial charge in [-0.25, -0.2) is 14.2 Å². The van der Waals surface area contributed by atoms with Crippen LogP contribution in [0.15, 0.2) is 91.4 Å². The predicted molar refractivity (Wildman–Crippen MR) is 212 cm³/mol. The molecule has 1 aliphatic heterocycles. The van der Waals surface area contributed by atoms with E-state index in [1.165, 1.54) is 44.4 Å². The van der Waals surface area contributed by atoms with Gasteiger partial charge in [-0.05, 0) is 89.8 Å². The van der Waals surface area contributed by atoms with E-state index in [0.29, 0.717) is 37.1 Å². The van der Waals surface area contributed by atoms with Crippen LogP contribution >= 0.6 is 0 Å². The molecule has 13 nitrogen and oxygen atoms in total. The first-order chi connectivity index (χ1) is 27.0. The van der Waals surface area contributed by atoms with E-state index in [4.69, 9.17) is 9.47 Å². The lowest BCUT2D eigenvalue weighted by Crippen LogP contribution is -2.59. The van der Waals surface area contributed by atoms with Crippen LogP contribution in [0.4, 0.5) is 15.0 Å². The smallest absolute Gasteiger partial charge is 0.408 e. The van der Waals surface area contributed by atoms with Gasteiger partial charge < -0.3 is 34.9 Å². The van der Waals surface area contributed by atoms with Gasteiger partial charge in [0.15, 0.2) is 11.6 Å². The van der Waals surface area contributed by atoms with Gasteiger partial charge in [0.2, 0.25) is 11.8 Å². The molecular formula is C43H51FN6O7. The minimum Gasteiger partial charge on any atom is -0.444 e. The molecule has 5 rings (SSSR count). The molecular weight excluding hydrogens is 732 g/mol. The van der Waals surface area contributed by atoms with Gasteiger partial charge in [0.05, 0.1) is 19.5 Å². The summed E-state index contributed by atoms with van der Waals surface area (Å²) in [6.45, 7) is 10.7. The molecule has 0 spiro atoms. The van der Waals surface area contributed by atoms with Crippen molar-refractivity contribution in [3.63, 3.8) is 0 Å². The van der Waals surface area contributed by atoms with Crippen molar-refractivity contribution in [2.45, 2.75) is 84.2 Å². The summed E-state index contributed by atoms with van der Waals surface area (Å²) < 4.78 is 26.3. The highest BCUT2D eigenvalue weighted by Gasteiger charge is 2.36. The van der Waals surface area contributed by atoms with Crippen LogP contribution in [0.25, 0.3) is 0 Å². The third-order valence-electron chi connectivity index (χ3n) is 9.45. The summed E-state index contributed by atoms with van der Waals surface area (Å²) in [7, 11) is 0. The van der Waals surface area contributed by atoms with Crippen molar-refractivity contribution in [2.75, 3.05) is 25.0 Å². The van der Waals surface area contributed by atoms with Gasteiger partial charge in [0.1, 0.15) is 29.0 Å². The quantitative estimate of drug-likeness (QED) is 0.132. The van der Waals surface area contributed by atoms with Gasteiger partial charge in [0, 0.05) is 30.8 Å². The van der Waals surface area contributed by atoms with Gasteiger partial charge >= 0.3 is 6.09 Å². The standard InChI is InChI=1S/C43H51FN6O7/c1-28-11-10-14-32(23-28)36(39(53)49-21-19-31(20-22-49)37(51)30-15-17-33(44)18-16-30)50-24-35(45-27-50)47-38(52)34(26-56-25-29-12-8-7-9-13-29)46-40(54)43(5,6)48-41(55)57-42(2,3)4/h7-18,23-24,27,31,34,36H,19-22,25-26H2,1-6H3,(H,46,54)(H,47,52)(H,48,55)/t34-,36?/m1/s1. The molecule has 0 aliphatic carbocycles. The Morgan fingerprint density at radius 3 is 2.25 bits per heavy atom. The lowest BCUT2D eigenvalue weighted by atomic mass is 9.88. The number of alkyl carbamates (subject to hydrolysis) is 1. The molecule has 4 amide bonds. The molecule has 0 radical (unpaired) electrons. The highest BCUT2D eigenvalue weighted by molar-refractivity contribution is 5.99. The molecule has 2 heterocycles. The Morgan fingerprint density at radius 1 is 0.912 bits per heavy atom. The van der Waals surface area contributed by atoms with Gasteiger partial charge in [-0.15, -0.1) is 0 Å². The fraction of sp³-hybridized carbons (Fsp3) is 0.395. The number of amides is 4. The minimum absolute atomic E-state index is 0.0739. The Kier molecular flexibility index (Phi) is 13.6. The molecule has 0 saturated carbocycles. The largest absolute Gasteiger partial charge is 0.444 e.